The van der Waals surface area contributed by atoms with E-state index in [2.05, 4.69) is 12.2 Å². The predicted molar refractivity (Wildman–Crippen MR) is 72.4 cm³/mol. The first-order chi connectivity index (χ1) is 9.25. The first kappa shape index (κ1) is 12.6. The quantitative estimate of drug-likeness (QED) is 0.896. The van der Waals surface area contributed by atoms with Gasteiger partial charge in [0.05, 0.1) is 12.8 Å². The van der Waals surface area contributed by atoms with Crippen LogP contribution in [0.25, 0.3) is 0 Å². The number of rotatable bonds is 3. The van der Waals surface area contributed by atoms with Gasteiger partial charge in [-0.05, 0) is 18.9 Å². The van der Waals surface area contributed by atoms with E-state index in [4.69, 9.17) is 4.74 Å². The van der Waals surface area contributed by atoms with Gasteiger partial charge in [-0.15, -0.1) is 0 Å². The van der Waals surface area contributed by atoms with Crippen molar-refractivity contribution in [3.8, 4) is 0 Å². The molecule has 0 aliphatic carbocycles. The van der Waals surface area contributed by atoms with Crippen molar-refractivity contribution in [1.82, 2.24) is 10.2 Å². The second-order valence-corrected chi connectivity index (χ2v) is 5.39. The van der Waals surface area contributed by atoms with Crippen LogP contribution in [-0.4, -0.2) is 36.7 Å². The minimum Gasteiger partial charge on any atom is -0.378 e. The van der Waals surface area contributed by atoms with E-state index in [1.807, 2.05) is 35.2 Å². The van der Waals surface area contributed by atoms with Crippen LogP contribution in [0.4, 0.5) is 0 Å². The summed E-state index contributed by atoms with van der Waals surface area (Å²) in [6.07, 6.45) is 1.32. The highest BCUT2D eigenvalue weighted by atomic mass is 16.5. The number of nitrogens with zero attached hydrogens (tertiary/aromatic N) is 1. The van der Waals surface area contributed by atoms with Gasteiger partial charge in [-0.2, -0.15) is 0 Å². The third-order valence-corrected chi connectivity index (χ3v) is 4.17. The lowest BCUT2D eigenvalue weighted by atomic mass is 10.0. The molecule has 19 heavy (non-hydrogen) atoms. The first-order valence-corrected chi connectivity index (χ1v) is 6.94. The lowest BCUT2D eigenvalue weighted by Gasteiger charge is -2.22. The molecule has 2 saturated heterocycles. The molecule has 1 aromatic rings. The second-order valence-electron chi connectivity index (χ2n) is 5.39. The van der Waals surface area contributed by atoms with Crippen LogP contribution in [0.15, 0.2) is 30.3 Å². The summed E-state index contributed by atoms with van der Waals surface area (Å²) in [7, 11) is 0. The average Bonchev–Trinajstić information content (AvgIpc) is 2.99. The molecule has 2 aliphatic heterocycles. The summed E-state index contributed by atoms with van der Waals surface area (Å²) in [6, 6.07) is 9.73. The van der Waals surface area contributed by atoms with Gasteiger partial charge in [0.1, 0.15) is 6.04 Å². The third kappa shape index (κ3) is 2.51. The van der Waals surface area contributed by atoms with Crippen LogP contribution in [-0.2, 0) is 9.53 Å². The van der Waals surface area contributed by atoms with E-state index in [1.165, 1.54) is 0 Å². The van der Waals surface area contributed by atoms with E-state index in [0.717, 1.165) is 25.1 Å². The molecular weight excluding hydrogens is 240 g/mol. The van der Waals surface area contributed by atoms with Crippen LogP contribution in [0.3, 0.4) is 0 Å². The van der Waals surface area contributed by atoms with Gasteiger partial charge < -0.3 is 9.64 Å². The van der Waals surface area contributed by atoms with Gasteiger partial charge in [0.15, 0.2) is 0 Å². The standard InChI is InChI=1S/C15H20N2O2/c1-11-13(7-8-19-11)9-17-10-16-14(15(17)18)12-5-3-2-4-6-12/h2-6,11,13-14,16H,7-10H2,1H3. The number of hydrogen-bond donors (Lipinski definition) is 1. The van der Waals surface area contributed by atoms with E-state index < -0.39 is 0 Å². The fourth-order valence-corrected chi connectivity index (χ4v) is 2.91. The third-order valence-electron chi connectivity index (χ3n) is 4.17. The highest BCUT2D eigenvalue weighted by Gasteiger charge is 2.35. The molecule has 0 bridgehead atoms. The van der Waals surface area contributed by atoms with Crippen molar-refractivity contribution < 1.29 is 9.53 Å². The molecule has 3 unspecified atom stereocenters. The molecule has 0 radical (unpaired) electrons. The van der Waals surface area contributed by atoms with Gasteiger partial charge in [0.2, 0.25) is 5.91 Å². The van der Waals surface area contributed by atoms with Gasteiger partial charge in [-0.3, -0.25) is 10.1 Å². The van der Waals surface area contributed by atoms with Crippen molar-refractivity contribution in [2.45, 2.75) is 25.5 Å². The Morgan fingerprint density at radius 3 is 2.84 bits per heavy atom. The van der Waals surface area contributed by atoms with Crippen LogP contribution in [0, 0.1) is 5.92 Å². The zero-order chi connectivity index (χ0) is 13.2. The Balaban J connectivity index is 1.65. The van der Waals surface area contributed by atoms with E-state index in [0.29, 0.717) is 12.6 Å². The number of benzene rings is 1. The van der Waals surface area contributed by atoms with Gasteiger partial charge in [-0.1, -0.05) is 30.3 Å². The minimum absolute atomic E-state index is 0.182. The maximum Gasteiger partial charge on any atom is 0.245 e. The number of ether oxygens (including phenoxy) is 1. The lowest BCUT2D eigenvalue weighted by molar-refractivity contribution is -0.129. The van der Waals surface area contributed by atoms with Gasteiger partial charge in [0, 0.05) is 19.1 Å². The second kappa shape index (κ2) is 5.31. The van der Waals surface area contributed by atoms with Crippen molar-refractivity contribution in [2.24, 2.45) is 5.92 Å². The SMILES string of the molecule is CC1OCCC1CN1CNC(c2ccccc2)C1=O. The highest BCUT2D eigenvalue weighted by Crippen LogP contribution is 2.25. The zero-order valence-electron chi connectivity index (χ0n) is 11.2. The topological polar surface area (TPSA) is 41.6 Å². The molecule has 2 aliphatic rings. The molecule has 4 nitrogen and oxygen atoms in total. The number of carbonyl (C=O) groups is 1. The van der Waals surface area contributed by atoms with Crippen LogP contribution >= 0.6 is 0 Å². The summed E-state index contributed by atoms with van der Waals surface area (Å²) < 4.78 is 5.56. The molecule has 102 valence electrons. The first-order valence-electron chi connectivity index (χ1n) is 6.94. The van der Waals surface area contributed by atoms with Gasteiger partial charge in [-0.25, -0.2) is 0 Å². The van der Waals surface area contributed by atoms with Gasteiger partial charge in [0.25, 0.3) is 0 Å². The Hall–Kier alpha value is -1.39. The maximum atomic E-state index is 12.4. The summed E-state index contributed by atoms with van der Waals surface area (Å²) in [4.78, 5) is 14.3. The summed E-state index contributed by atoms with van der Waals surface area (Å²) in [5.41, 5.74) is 1.05. The number of carbonyl (C=O) groups excluding carboxylic acids is 1. The smallest absolute Gasteiger partial charge is 0.245 e. The Bertz CT molecular complexity index is 449. The molecule has 3 atom stereocenters. The van der Waals surface area contributed by atoms with E-state index in [9.17, 15) is 4.79 Å². The van der Waals surface area contributed by atoms with Crippen LogP contribution in [0.2, 0.25) is 0 Å². The maximum absolute atomic E-state index is 12.4. The normalized spacial score (nSPS) is 31.1. The summed E-state index contributed by atoms with van der Waals surface area (Å²) in [6.45, 7) is 4.36. The molecular formula is C15H20N2O2. The van der Waals surface area contributed by atoms with Crippen LogP contribution in [0.1, 0.15) is 24.9 Å². The van der Waals surface area contributed by atoms with E-state index >= 15 is 0 Å². The highest BCUT2D eigenvalue weighted by molar-refractivity contribution is 5.85. The van der Waals surface area contributed by atoms with Crippen molar-refractivity contribution in [3.05, 3.63) is 35.9 Å². The average molecular weight is 260 g/mol. The Labute approximate surface area is 113 Å². The summed E-state index contributed by atoms with van der Waals surface area (Å²) in [5, 5.41) is 3.30. The van der Waals surface area contributed by atoms with Crippen molar-refractivity contribution in [3.63, 3.8) is 0 Å². The number of nitrogens with one attached hydrogen (secondary N) is 1. The molecule has 1 N–H and O–H groups in total. The van der Waals surface area contributed by atoms with Crippen molar-refractivity contribution in [1.29, 1.82) is 0 Å². The molecule has 0 aromatic heterocycles. The molecule has 2 fully saturated rings. The van der Waals surface area contributed by atoms with Crippen LogP contribution < -0.4 is 5.32 Å². The number of amides is 1. The van der Waals surface area contributed by atoms with E-state index in [-0.39, 0.29) is 18.1 Å². The monoisotopic (exact) mass is 260 g/mol. The summed E-state index contributed by atoms with van der Waals surface area (Å²) >= 11 is 0. The molecule has 1 aromatic carbocycles. The van der Waals surface area contributed by atoms with Crippen LogP contribution in [0.5, 0.6) is 0 Å². The zero-order valence-corrected chi connectivity index (χ0v) is 11.2. The molecule has 4 heteroatoms. The molecule has 3 rings (SSSR count). The molecule has 2 heterocycles. The fourth-order valence-electron chi connectivity index (χ4n) is 2.91. The molecule has 1 amide bonds. The predicted octanol–water partition coefficient (Wildman–Crippen LogP) is 1.54. The summed E-state index contributed by atoms with van der Waals surface area (Å²) in [5.74, 6) is 0.658. The lowest BCUT2D eigenvalue weighted by Crippen LogP contribution is -2.34. The largest absolute Gasteiger partial charge is 0.378 e. The Morgan fingerprint density at radius 1 is 1.37 bits per heavy atom. The van der Waals surface area contributed by atoms with Crippen molar-refractivity contribution >= 4 is 5.91 Å². The Kier molecular flexibility index (Phi) is 3.53. The van der Waals surface area contributed by atoms with Gasteiger partial charge >= 0.3 is 0 Å². The molecule has 0 spiro atoms. The number of hydrogen-bond acceptors (Lipinski definition) is 3. The Morgan fingerprint density at radius 2 is 2.16 bits per heavy atom. The van der Waals surface area contributed by atoms with Crippen molar-refractivity contribution in [2.75, 3.05) is 19.8 Å². The fraction of sp³-hybridized carbons (Fsp3) is 0.533. The minimum atomic E-state index is -0.182. The molecule has 0 saturated carbocycles. The van der Waals surface area contributed by atoms with E-state index in [1.54, 1.807) is 0 Å².